The maximum atomic E-state index is 12.8. The van der Waals surface area contributed by atoms with Crippen LogP contribution < -0.4 is 10.6 Å². The number of rotatable bonds is 3. The lowest BCUT2D eigenvalue weighted by Crippen LogP contribution is -2.40. The molecule has 1 amide bonds. The second-order valence-corrected chi connectivity index (χ2v) is 4.92. The van der Waals surface area contributed by atoms with E-state index in [0.29, 0.717) is 6.54 Å². The van der Waals surface area contributed by atoms with E-state index in [9.17, 15) is 18.0 Å². The molecule has 1 aliphatic rings. The number of piperidine rings is 1. The Labute approximate surface area is 127 Å². The summed E-state index contributed by atoms with van der Waals surface area (Å²) in [4.78, 5) is 11.9. The fourth-order valence-corrected chi connectivity index (χ4v) is 2.35. The van der Waals surface area contributed by atoms with Crippen LogP contribution in [0.15, 0.2) is 24.3 Å². The van der Waals surface area contributed by atoms with Crippen LogP contribution in [0.3, 0.4) is 0 Å². The molecule has 0 bridgehead atoms. The highest BCUT2D eigenvalue weighted by molar-refractivity contribution is 5.85. The number of carbonyl (C=O) groups excluding carboxylic acids is 1. The summed E-state index contributed by atoms with van der Waals surface area (Å²) in [6, 6.07) is 5.31. The van der Waals surface area contributed by atoms with Gasteiger partial charge in [-0.25, -0.2) is 0 Å². The SMILES string of the molecule is Cl.O=C(NCc1ccccc1C(F)(F)F)C1CCCNC1. The number of halogens is 4. The molecule has 118 valence electrons. The smallest absolute Gasteiger partial charge is 0.352 e. The Bertz CT molecular complexity index is 474. The van der Waals surface area contributed by atoms with Crippen molar-refractivity contribution in [2.45, 2.75) is 25.6 Å². The first-order valence-corrected chi connectivity index (χ1v) is 6.62. The standard InChI is InChI=1S/C14H17F3N2O.ClH/c15-14(16,17)12-6-2-1-4-10(12)9-19-13(20)11-5-3-7-18-8-11;/h1-2,4,6,11,18H,3,5,7-9H2,(H,19,20);1H. The van der Waals surface area contributed by atoms with Gasteiger partial charge in [0.05, 0.1) is 11.5 Å². The summed E-state index contributed by atoms with van der Waals surface area (Å²) in [6.07, 6.45) is -2.70. The van der Waals surface area contributed by atoms with Crippen molar-refractivity contribution >= 4 is 18.3 Å². The third kappa shape index (κ3) is 4.89. The maximum Gasteiger partial charge on any atom is 0.416 e. The molecule has 1 aliphatic heterocycles. The van der Waals surface area contributed by atoms with E-state index < -0.39 is 11.7 Å². The van der Waals surface area contributed by atoms with Gasteiger partial charge < -0.3 is 10.6 Å². The molecule has 0 spiro atoms. The van der Waals surface area contributed by atoms with E-state index in [1.807, 2.05) is 0 Å². The molecule has 0 aromatic heterocycles. The molecule has 1 heterocycles. The lowest BCUT2D eigenvalue weighted by atomic mass is 9.98. The average Bonchev–Trinajstić information content (AvgIpc) is 2.45. The molecule has 21 heavy (non-hydrogen) atoms. The highest BCUT2D eigenvalue weighted by atomic mass is 35.5. The summed E-state index contributed by atoms with van der Waals surface area (Å²) >= 11 is 0. The van der Waals surface area contributed by atoms with Crippen molar-refractivity contribution in [2.75, 3.05) is 13.1 Å². The largest absolute Gasteiger partial charge is 0.416 e. The predicted octanol–water partition coefficient (Wildman–Crippen LogP) is 2.74. The Morgan fingerprint density at radius 1 is 1.33 bits per heavy atom. The van der Waals surface area contributed by atoms with Gasteiger partial charge in [-0.3, -0.25) is 4.79 Å². The van der Waals surface area contributed by atoms with Gasteiger partial charge in [-0.2, -0.15) is 13.2 Å². The summed E-state index contributed by atoms with van der Waals surface area (Å²) in [5.41, 5.74) is -0.598. The molecule has 1 unspecified atom stereocenters. The summed E-state index contributed by atoms with van der Waals surface area (Å²) in [5, 5.41) is 5.71. The molecule has 2 N–H and O–H groups in total. The minimum atomic E-state index is -4.40. The summed E-state index contributed by atoms with van der Waals surface area (Å²) < 4.78 is 38.4. The van der Waals surface area contributed by atoms with Crippen LogP contribution in [0.2, 0.25) is 0 Å². The fourth-order valence-electron chi connectivity index (χ4n) is 2.35. The van der Waals surface area contributed by atoms with Crippen LogP contribution in [0.25, 0.3) is 0 Å². The van der Waals surface area contributed by atoms with Crippen molar-refractivity contribution < 1.29 is 18.0 Å². The molecular formula is C14H18ClF3N2O. The molecule has 0 radical (unpaired) electrons. The monoisotopic (exact) mass is 322 g/mol. The quantitative estimate of drug-likeness (QED) is 0.898. The van der Waals surface area contributed by atoms with E-state index in [1.165, 1.54) is 12.1 Å². The average molecular weight is 323 g/mol. The van der Waals surface area contributed by atoms with Gasteiger partial charge >= 0.3 is 6.18 Å². The van der Waals surface area contributed by atoms with Crippen molar-refractivity contribution in [2.24, 2.45) is 5.92 Å². The minimum Gasteiger partial charge on any atom is -0.352 e. The predicted molar refractivity (Wildman–Crippen MR) is 76.1 cm³/mol. The van der Waals surface area contributed by atoms with E-state index in [0.717, 1.165) is 25.5 Å². The Morgan fingerprint density at radius 2 is 2.05 bits per heavy atom. The Kier molecular flexibility index (Phi) is 6.48. The van der Waals surface area contributed by atoms with E-state index >= 15 is 0 Å². The van der Waals surface area contributed by atoms with Crippen molar-refractivity contribution in [3.63, 3.8) is 0 Å². The van der Waals surface area contributed by atoms with Crippen molar-refractivity contribution in [3.8, 4) is 0 Å². The van der Waals surface area contributed by atoms with Crippen LogP contribution in [0.5, 0.6) is 0 Å². The second-order valence-electron chi connectivity index (χ2n) is 4.92. The third-order valence-corrected chi connectivity index (χ3v) is 3.44. The van der Waals surface area contributed by atoms with Gasteiger partial charge in [0, 0.05) is 13.1 Å². The van der Waals surface area contributed by atoms with Gasteiger partial charge in [-0.05, 0) is 31.0 Å². The van der Waals surface area contributed by atoms with Gasteiger partial charge in [-0.1, -0.05) is 18.2 Å². The molecule has 1 fully saturated rings. The lowest BCUT2D eigenvalue weighted by Gasteiger charge is -2.22. The fraction of sp³-hybridized carbons (Fsp3) is 0.500. The van der Waals surface area contributed by atoms with Gasteiger partial charge in [-0.15, -0.1) is 12.4 Å². The molecule has 7 heteroatoms. The van der Waals surface area contributed by atoms with Crippen molar-refractivity contribution in [1.82, 2.24) is 10.6 Å². The zero-order chi connectivity index (χ0) is 14.6. The highest BCUT2D eigenvalue weighted by Crippen LogP contribution is 2.31. The topological polar surface area (TPSA) is 41.1 Å². The third-order valence-electron chi connectivity index (χ3n) is 3.44. The van der Waals surface area contributed by atoms with Gasteiger partial charge in [0.25, 0.3) is 0 Å². The molecule has 0 saturated carbocycles. The molecule has 2 rings (SSSR count). The number of hydrogen-bond acceptors (Lipinski definition) is 2. The lowest BCUT2D eigenvalue weighted by molar-refractivity contribution is -0.138. The van der Waals surface area contributed by atoms with Crippen LogP contribution >= 0.6 is 12.4 Å². The Morgan fingerprint density at radius 3 is 2.67 bits per heavy atom. The number of amides is 1. The van der Waals surface area contributed by atoms with E-state index in [2.05, 4.69) is 10.6 Å². The number of benzene rings is 1. The number of nitrogens with one attached hydrogen (secondary N) is 2. The van der Waals surface area contributed by atoms with Gasteiger partial charge in [0.1, 0.15) is 0 Å². The van der Waals surface area contributed by atoms with E-state index in [1.54, 1.807) is 6.07 Å². The zero-order valence-corrected chi connectivity index (χ0v) is 12.2. The first-order valence-electron chi connectivity index (χ1n) is 6.62. The molecule has 1 aromatic carbocycles. The minimum absolute atomic E-state index is 0. The maximum absolute atomic E-state index is 12.8. The van der Waals surface area contributed by atoms with Crippen molar-refractivity contribution in [1.29, 1.82) is 0 Å². The van der Waals surface area contributed by atoms with Gasteiger partial charge in [0.2, 0.25) is 5.91 Å². The normalized spacial score (nSPS) is 18.7. The zero-order valence-electron chi connectivity index (χ0n) is 11.4. The number of hydrogen-bond donors (Lipinski definition) is 2. The van der Waals surface area contributed by atoms with Gasteiger partial charge in [0.15, 0.2) is 0 Å². The molecule has 1 aromatic rings. The Balaban J connectivity index is 0.00000220. The first kappa shape index (κ1) is 17.8. The van der Waals surface area contributed by atoms with Crippen LogP contribution in [0.4, 0.5) is 13.2 Å². The first-order chi connectivity index (χ1) is 9.48. The van der Waals surface area contributed by atoms with Crippen LogP contribution in [-0.2, 0) is 17.5 Å². The summed E-state index contributed by atoms with van der Waals surface area (Å²) in [5.74, 6) is -0.337. The molecule has 1 atom stereocenters. The highest BCUT2D eigenvalue weighted by Gasteiger charge is 2.33. The summed E-state index contributed by atoms with van der Waals surface area (Å²) in [6.45, 7) is 1.39. The number of carbonyl (C=O) groups is 1. The molecule has 1 saturated heterocycles. The summed E-state index contributed by atoms with van der Waals surface area (Å²) in [7, 11) is 0. The molecule has 0 aliphatic carbocycles. The van der Waals surface area contributed by atoms with Crippen LogP contribution in [-0.4, -0.2) is 19.0 Å². The molecule has 3 nitrogen and oxygen atoms in total. The van der Waals surface area contributed by atoms with E-state index in [4.69, 9.17) is 0 Å². The Hall–Kier alpha value is -1.27. The second kappa shape index (κ2) is 7.66. The molecular weight excluding hydrogens is 305 g/mol. The van der Waals surface area contributed by atoms with Crippen LogP contribution in [0.1, 0.15) is 24.0 Å². The van der Waals surface area contributed by atoms with Crippen LogP contribution in [0, 0.1) is 5.92 Å². The van der Waals surface area contributed by atoms with Crippen molar-refractivity contribution in [3.05, 3.63) is 35.4 Å². The number of alkyl halides is 3. The van der Waals surface area contributed by atoms with E-state index in [-0.39, 0.29) is 36.3 Å².